The maximum absolute atomic E-state index is 12.7. The predicted molar refractivity (Wildman–Crippen MR) is 95.9 cm³/mol. The van der Waals surface area contributed by atoms with E-state index >= 15 is 0 Å². The average Bonchev–Trinajstić information content (AvgIpc) is 3.08. The lowest BCUT2D eigenvalue weighted by Crippen LogP contribution is -2.16. The molecule has 0 bridgehead atoms. The second kappa shape index (κ2) is 6.91. The van der Waals surface area contributed by atoms with Crippen molar-refractivity contribution in [2.75, 3.05) is 5.32 Å². The maximum atomic E-state index is 12.7. The molecule has 0 unspecified atom stereocenters. The van der Waals surface area contributed by atoms with Crippen LogP contribution in [-0.4, -0.2) is 23.9 Å². The van der Waals surface area contributed by atoms with Crippen molar-refractivity contribution >= 4 is 44.6 Å². The van der Waals surface area contributed by atoms with E-state index in [0.717, 1.165) is 5.56 Å². The molecule has 0 saturated heterocycles. The zero-order chi connectivity index (χ0) is 18.0. The molecular formula is C16H12ClN3O3S2. The van der Waals surface area contributed by atoms with Gasteiger partial charge in [0.15, 0.2) is 9.90 Å². The Bertz CT molecular complexity index is 1010. The summed E-state index contributed by atoms with van der Waals surface area (Å²) in [6.45, 7) is 1.92. The minimum Gasteiger partial charge on any atom is -0.321 e. The van der Waals surface area contributed by atoms with Crippen molar-refractivity contribution < 1.29 is 13.2 Å². The molecule has 1 amide bonds. The second-order valence-electron chi connectivity index (χ2n) is 5.19. The van der Waals surface area contributed by atoms with E-state index < -0.39 is 15.7 Å². The van der Waals surface area contributed by atoms with Gasteiger partial charge in [0, 0.05) is 22.2 Å². The van der Waals surface area contributed by atoms with E-state index in [2.05, 4.69) is 14.9 Å². The zero-order valence-electron chi connectivity index (χ0n) is 12.9. The number of benzene rings is 2. The van der Waals surface area contributed by atoms with Gasteiger partial charge in [0.2, 0.25) is 9.84 Å². The third-order valence-electron chi connectivity index (χ3n) is 3.35. The van der Waals surface area contributed by atoms with E-state index in [1.807, 2.05) is 19.1 Å². The molecule has 9 heteroatoms. The van der Waals surface area contributed by atoms with Gasteiger partial charge in [-0.2, -0.15) is 0 Å². The molecule has 0 fully saturated rings. The Morgan fingerprint density at radius 2 is 1.72 bits per heavy atom. The summed E-state index contributed by atoms with van der Waals surface area (Å²) < 4.78 is 28.9. The molecule has 0 saturated carbocycles. The van der Waals surface area contributed by atoms with E-state index in [9.17, 15) is 13.2 Å². The Morgan fingerprint density at radius 1 is 1.08 bits per heavy atom. The first kappa shape index (κ1) is 17.5. The van der Waals surface area contributed by atoms with Crippen molar-refractivity contribution in [3.05, 3.63) is 64.8 Å². The van der Waals surface area contributed by atoms with Gasteiger partial charge in [0.25, 0.3) is 5.91 Å². The molecule has 0 aliphatic carbocycles. The first-order chi connectivity index (χ1) is 11.9. The Hall–Kier alpha value is -2.29. The minimum atomic E-state index is -3.91. The Labute approximate surface area is 153 Å². The normalized spacial score (nSPS) is 11.3. The van der Waals surface area contributed by atoms with Crippen molar-refractivity contribution in [3.8, 4) is 0 Å². The first-order valence-electron chi connectivity index (χ1n) is 7.09. The summed E-state index contributed by atoms with van der Waals surface area (Å²) >= 11 is 6.44. The number of nitrogens with one attached hydrogen (secondary N) is 1. The van der Waals surface area contributed by atoms with Gasteiger partial charge in [0.05, 0.1) is 4.90 Å². The van der Waals surface area contributed by atoms with Gasteiger partial charge >= 0.3 is 0 Å². The molecule has 3 rings (SSSR count). The van der Waals surface area contributed by atoms with Crippen LogP contribution >= 0.6 is 23.1 Å². The molecule has 0 spiro atoms. The number of hydrogen-bond acceptors (Lipinski definition) is 6. The van der Waals surface area contributed by atoms with Gasteiger partial charge < -0.3 is 5.32 Å². The van der Waals surface area contributed by atoms with Crippen LogP contribution in [0.2, 0.25) is 5.02 Å². The quantitative estimate of drug-likeness (QED) is 0.731. The molecule has 0 radical (unpaired) electrons. The van der Waals surface area contributed by atoms with Crippen molar-refractivity contribution in [3.63, 3.8) is 0 Å². The smallest absolute Gasteiger partial charge is 0.278 e. The number of nitrogens with zero attached hydrogens (tertiary/aromatic N) is 2. The number of anilines is 1. The number of aryl methyl sites for hydroxylation is 1. The van der Waals surface area contributed by atoms with Crippen LogP contribution in [0.15, 0.2) is 57.6 Å². The fraction of sp³-hybridized carbons (Fsp3) is 0.0625. The van der Waals surface area contributed by atoms with Crippen LogP contribution in [0.5, 0.6) is 0 Å². The molecule has 1 aromatic heterocycles. The highest BCUT2D eigenvalue weighted by Crippen LogP contribution is 2.27. The van der Waals surface area contributed by atoms with E-state index in [1.165, 1.54) is 24.3 Å². The van der Waals surface area contributed by atoms with Crippen LogP contribution in [0.1, 0.15) is 16.1 Å². The average molecular weight is 394 g/mol. The number of amides is 1. The van der Waals surface area contributed by atoms with Crippen LogP contribution in [-0.2, 0) is 9.84 Å². The first-order valence-corrected chi connectivity index (χ1v) is 9.72. The Kier molecular flexibility index (Phi) is 4.85. The highest BCUT2D eigenvalue weighted by Gasteiger charge is 2.29. The topological polar surface area (TPSA) is 89.0 Å². The summed E-state index contributed by atoms with van der Waals surface area (Å²) in [4.78, 5) is 12.4. The fourth-order valence-corrected chi connectivity index (χ4v) is 4.47. The highest BCUT2D eigenvalue weighted by molar-refractivity contribution is 7.93. The number of hydrogen-bond donors (Lipinski definition) is 1. The summed E-state index contributed by atoms with van der Waals surface area (Å²) in [5.41, 5.74) is 1.35. The molecule has 1 N–H and O–H groups in total. The Morgan fingerprint density at radius 3 is 2.36 bits per heavy atom. The van der Waals surface area contributed by atoms with Crippen molar-refractivity contribution in [2.45, 2.75) is 16.0 Å². The summed E-state index contributed by atoms with van der Waals surface area (Å²) in [7, 11) is -3.91. The highest BCUT2D eigenvalue weighted by atomic mass is 35.5. The van der Waals surface area contributed by atoms with Crippen molar-refractivity contribution in [1.82, 2.24) is 9.59 Å². The number of rotatable bonds is 4. The molecule has 2 aromatic carbocycles. The molecule has 0 atom stereocenters. The Balaban J connectivity index is 1.93. The minimum absolute atomic E-state index is 0.0207. The monoisotopic (exact) mass is 393 g/mol. The maximum Gasteiger partial charge on any atom is 0.278 e. The molecular weight excluding hydrogens is 382 g/mol. The lowest BCUT2D eigenvalue weighted by atomic mass is 10.2. The molecule has 0 aliphatic rings. The predicted octanol–water partition coefficient (Wildman–Crippen LogP) is 3.59. The molecule has 6 nitrogen and oxygen atoms in total. The third-order valence-corrected chi connectivity index (χ3v) is 6.58. The van der Waals surface area contributed by atoms with E-state index in [4.69, 9.17) is 11.6 Å². The van der Waals surface area contributed by atoms with Crippen LogP contribution in [0.3, 0.4) is 0 Å². The van der Waals surface area contributed by atoms with Gasteiger partial charge in [0.1, 0.15) is 0 Å². The fourth-order valence-electron chi connectivity index (χ4n) is 2.04. The van der Waals surface area contributed by atoms with Gasteiger partial charge in [-0.25, -0.2) is 8.42 Å². The summed E-state index contributed by atoms with van der Waals surface area (Å²) in [6, 6.07) is 12.8. The van der Waals surface area contributed by atoms with E-state index in [1.54, 1.807) is 12.1 Å². The number of halogens is 1. The van der Waals surface area contributed by atoms with Crippen molar-refractivity contribution in [2.24, 2.45) is 0 Å². The zero-order valence-corrected chi connectivity index (χ0v) is 15.3. The summed E-state index contributed by atoms with van der Waals surface area (Å²) in [5.74, 6) is -0.634. The van der Waals surface area contributed by atoms with Crippen LogP contribution in [0.25, 0.3) is 0 Å². The van der Waals surface area contributed by atoms with E-state index in [-0.39, 0.29) is 14.8 Å². The lowest BCUT2D eigenvalue weighted by molar-refractivity contribution is 0.101. The summed E-state index contributed by atoms with van der Waals surface area (Å²) in [6.07, 6.45) is 0. The molecule has 3 aromatic rings. The molecule has 1 heterocycles. The van der Waals surface area contributed by atoms with Crippen LogP contribution in [0, 0.1) is 6.92 Å². The standard InChI is InChI=1S/C16H12ClN3O3S2/c1-10-2-6-12(7-3-10)18-15(21)14-16(24-20-19-14)25(22,23)13-8-4-11(17)5-9-13/h2-9H,1H3,(H,18,21). The number of carbonyl (C=O) groups excluding carboxylic acids is 1. The van der Waals surface area contributed by atoms with Gasteiger partial charge in [-0.3, -0.25) is 4.79 Å². The van der Waals surface area contributed by atoms with Gasteiger partial charge in [-0.1, -0.05) is 33.8 Å². The largest absolute Gasteiger partial charge is 0.321 e. The van der Waals surface area contributed by atoms with Crippen molar-refractivity contribution in [1.29, 1.82) is 0 Å². The van der Waals surface area contributed by atoms with Crippen LogP contribution in [0.4, 0.5) is 5.69 Å². The third kappa shape index (κ3) is 3.71. The van der Waals surface area contributed by atoms with Crippen LogP contribution < -0.4 is 5.32 Å². The molecule has 25 heavy (non-hydrogen) atoms. The SMILES string of the molecule is Cc1ccc(NC(=O)c2nnsc2S(=O)(=O)c2ccc(Cl)cc2)cc1. The summed E-state index contributed by atoms with van der Waals surface area (Å²) in [5, 5.41) is 6.73. The number of carbonyl (C=O) groups is 1. The molecule has 128 valence electrons. The second-order valence-corrected chi connectivity index (χ2v) is 8.52. The molecule has 0 aliphatic heterocycles. The van der Waals surface area contributed by atoms with Gasteiger partial charge in [-0.15, -0.1) is 5.10 Å². The number of aromatic nitrogens is 2. The lowest BCUT2D eigenvalue weighted by Gasteiger charge is -2.06. The number of sulfone groups is 1. The van der Waals surface area contributed by atoms with E-state index in [0.29, 0.717) is 22.2 Å². The van der Waals surface area contributed by atoms with Gasteiger partial charge in [-0.05, 0) is 43.3 Å².